The minimum atomic E-state index is -1.42. The van der Waals surface area contributed by atoms with Gasteiger partial charge in [0, 0.05) is 47.3 Å². The van der Waals surface area contributed by atoms with Gasteiger partial charge in [-0.2, -0.15) is 5.10 Å². The van der Waals surface area contributed by atoms with Gasteiger partial charge in [0.2, 0.25) is 23.6 Å². The van der Waals surface area contributed by atoms with Crippen molar-refractivity contribution in [1.82, 2.24) is 14.7 Å². The number of ether oxygens (including phenoxy) is 1. The number of aromatic hydroxyl groups is 1. The summed E-state index contributed by atoms with van der Waals surface area (Å²) in [5.41, 5.74) is 1.18. The molecule has 2 saturated heterocycles. The van der Waals surface area contributed by atoms with E-state index in [1.165, 1.54) is 34.1 Å². The fraction of sp³-hybridized carbons (Fsp3) is 0.385. The predicted octanol–water partition coefficient (Wildman–Crippen LogP) is 6.07. The number of nitrogens with zero attached hydrogens (tertiary/aromatic N) is 4. The van der Waals surface area contributed by atoms with Crippen molar-refractivity contribution >= 4 is 68.4 Å². The molecular formula is C39H37ClN4O8S. The van der Waals surface area contributed by atoms with E-state index >= 15 is 4.79 Å². The number of fused-ring (bicyclic) bond motifs is 5. The number of carbonyl (C=O) groups excluding carboxylic acids is 4. The van der Waals surface area contributed by atoms with Crippen LogP contribution in [0.25, 0.3) is 20.7 Å². The highest BCUT2D eigenvalue weighted by Crippen LogP contribution is 2.65. The van der Waals surface area contributed by atoms with Crippen molar-refractivity contribution in [3.8, 4) is 22.1 Å². The second kappa shape index (κ2) is 12.6. The van der Waals surface area contributed by atoms with Crippen molar-refractivity contribution < 1.29 is 38.9 Å². The van der Waals surface area contributed by atoms with Crippen LogP contribution in [0.2, 0.25) is 5.02 Å². The van der Waals surface area contributed by atoms with E-state index in [9.17, 15) is 29.4 Å². The summed E-state index contributed by atoms with van der Waals surface area (Å²) in [5.74, 6) is -6.12. The number of halogens is 1. The predicted molar refractivity (Wildman–Crippen MR) is 197 cm³/mol. The number of anilines is 1. The molecule has 2 aliphatic heterocycles. The topological polar surface area (TPSA) is 159 Å². The highest BCUT2D eigenvalue weighted by Gasteiger charge is 2.68. The third-order valence-corrected chi connectivity index (χ3v) is 13.4. The summed E-state index contributed by atoms with van der Waals surface area (Å²) in [6.07, 6.45) is 2.18. The second-order valence-electron chi connectivity index (χ2n) is 14.6. The number of hydrogen-bond acceptors (Lipinski definition) is 9. The molecule has 0 spiro atoms. The van der Waals surface area contributed by atoms with Crippen LogP contribution < -0.4 is 9.64 Å². The number of benzene rings is 2. The number of imide groups is 2. The Labute approximate surface area is 313 Å². The number of hydrogen-bond donors (Lipinski definition) is 2. The van der Waals surface area contributed by atoms with Crippen molar-refractivity contribution in [2.45, 2.75) is 45.4 Å². The van der Waals surface area contributed by atoms with Gasteiger partial charge in [-0.05, 0) is 80.3 Å². The molecule has 2 aromatic carbocycles. The Hall–Kier alpha value is -5.01. The lowest BCUT2D eigenvalue weighted by Crippen LogP contribution is -2.49. The van der Waals surface area contributed by atoms with Gasteiger partial charge in [-0.3, -0.25) is 33.6 Å². The van der Waals surface area contributed by atoms with Gasteiger partial charge in [-0.25, -0.2) is 4.90 Å². The first kappa shape index (κ1) is 35.0. The van der Waals surface area contributed by atoms with Crippen molar-refractivity contribution in [3.63, 3.8) is 0 Å². The number of aryl methyl sites for hydroxylation is 2. The molecule has 4 aromatic rings. The zero-order valence-corrected chi connectivity index (χ0v) is 31.0. The monoisotopic (exact) mass is 756 g/mol. The van der Waals surface area contributed by atoms with E-state index in [1.54, 1.807) is 32.2 Å². The molecule has 1 saturated carbocycles. The maximum atomic E-state index is 15.1. The van der Waals surface area contributed by atoms with Crippen LogP contribution in [-0.2, 0) is 31.0 Å². The first-order valence-electron chi connectivity index (χ1n) is 17.5. The molecule has 4 amide bonds. The van der Waals surface area contributed by atoms with E-state index in [2.05, 4.69) is 0 Å². The lowest BCUT2D eigenvalue weighted by atomic mass is 9.51. The maximum Gasteiger partial charge on any atom is 0.303 e. The van der Waals surface area contributed by atoms with E-state index < -0.39 is 58.7 Å². The summed E-state index contributed by atoms with van der Waals surface area (Å²) in [6, 6.07) is 12.2. The molecule has 2 aromatic heterocycles. The Kier molecular flexibility index (Phi) is 8.30. The number of aromatic nitrogens is 2. The van der Waals surface area contributed by atoms with Crippen molar-refractivity contribution in [2.24, 2.45) is 36.1 Å². The van der Waals surface area contributed by atoms with Crippen LogP contribution >= 0.6 is 22.9 Å². The lowest BCUT2D eigenvalue weighted by Gasteiger charge is -2.49. The van der Waals surface area contributed by atoms with Gasteiger partial charge in [-0.1, -0.05) is 29.3 Å². The summed E-state index contributed by atoms with van der Waals surface area (Å²) in [7, 11) is 3.15. The number of rotatable bonds is 8. The van der Waals surface area contributed by atoms with Crippen LogP contribution in [0, 0.1) is 36.0 Å². The molecule has 4 aliphatic rings. The molecule has 53 heavy (non-hydrogen) atoms. The number of likely N-dealkylation sites (tertiary alicyclic amines) is 1. The number of thiophene rings is 1. The summed E-state index contributed by atoms with van der Waals surface area (Å²) >= 11 is 7.84. The molecule has 6 atom stereocenters. The van der Waals surface area contributed by atoms with Gasteiger partial charge in [0.05, 0.1) is 35.2 Å². The Balaban J connectivity index is 1.23. The molecule has 4 heterocycles. The fourth-order valence-electron chi connectivity index (χ4n) is 9.43. The molecule has 2 aliphatic carbocycles. The number of methoxy groups -OCH3 is 1. The molecule has 3 fully saturated rings. The fourth-order valence-corrected chi connectivity index (χ4v) is 10.7. The molecule has 8 rings (SSSR count). The Morgan fingerprint density at radius 2 is 1.87 bits per heavy atom. The van der Waals surface area contributed by atoms with Crippen molar-refractivity contribution in [1.29, 1.82) is 0 Å². The number of aliphatic carboxylic acids is 1. The second-order valence-corrected chi connectivity index (χ2v) is 16.1. The Morgan fingerprint density at radius 1 is 1.09 bits per heavy atom. The van der Waals surface area contributed by atoms with Crippen LogP contribution in [0.4, 0.5) is 5.82 Å². The Bertz CT molecular complexity index is 2310. The van der Waals surface area contributed by atoms with Gasteiger partial charge in [0.1, 0.15) is 23.0 Å². The third kappa shape index (κ3) is 5.07. The number of phenolic OH excluding ortho intramolecular Hbond substituents is 1. The normalized spacial score (nSPS) is 26.6. The summed E-state index contributed by atoms with van der Waals surface area (Å²) < 4.78 is 8.30. The largest absolute Gasteiger partial charge is 0.508 e. The molecule has 274 valence electrons. The molecule has 0 bridgehead atoms. The highest BCUT2D eigenvalue weighted by molar-refractivity contribution is 7.22. The van der Waals surface area contributed by atoms with Crippen LogP contribution in [0.1, 0.15) is 49.7 Å². The summed E-state index contributed by atoms with van der Waals surface area (Å²) in [6.45, 7) is 3.71. The first-order valence-corrected chi connectivity index (χ1v) is 18.7. The minimum absolute atomic E-state index is 0.0166. The van der Waals surface area contributed by atoms with E-state index in [1.807, 2.05) is 31.2 Å². The SMILES string of the molecule is COc1cccc(O)c1C1C2=CCC3C(=O)N(CCCC(=O)O)C(=O)C3C2CC2C(=O)N(c3cc(-c4sc5ccc(Cl)cc5c4C)nn3C)C(=O)C21C. The standard InChI is InChI=1S/C39H37ClN4O8S/c1-18-22-15-19(40)10-13-28(22)53-34(18)25-17-29(42(3)41-25)44-36(49)24-16-23-20(11-12-21-31(23)37(50)43(35(21)48)14-6-9-30(46)47)33(39(24,2)38(44)51)32-26(45)7-5-8-27(32)52-4/h5,7-8,10-11,13,15,17,21,23-24,31,33,45H,6,9,12,14,16H2,1-4H3,(H,46,47). The average Bonchev–Trinajstić information content (AvgIpc) is 3.79. The zero-order valence-electron chi connectivity index (χ0n) is 29.5. The first-order chi connectivity index (χ1) is 25.3. The number of allylic oxidation sites excluding steroid dienone is 2. The van der Waals surface area contributed by atoms with Crippen LogP contribution in [-0.4, -0.2) is 68.1 Å². The van der Waals surface area contributed by atoms with Crippen molar-refractivity contribution in [3.05, 3.63) is 70.3 Å². The van der Waals surface area contributed by atoms with E-state index in [4.69, 9.17) is 21.4 Å². The van der Waals surface area contributed by atoms with Crippen LogP contribution in [0.3, 0.4) is 0 Å². The molecule has 12 nitrogen and oxygen atoms in total. The molecule has 6 unspecified atom stereocenters. The average molecular weight is 757 g/mol. The summed E-state index contributed by atoms with van der Waals surface area (Å²) in [4.78, 5) is 72.0. The summed E-state index contributed by atoms with van der Waals surface area (Å²) in [5, 5.41) is 27.0. The Morgan fingerprint density at radius 3 is 2.60 bits per heavy atom. The van der Waals surface area contributed by atoms with Crippen molar-refractivity contribution in [2.75, 3.05) is 18.6 Å². The smallest absolute Gasteiger partial charge is 0.303 e. The molecular weight excluding hydrogens is 720 g/mol. The molecule has 0 radical (unpaired) electrons. The quantitative estimate of drug-likeness (QED) is 0.161. The molecule has 14 heteroatoms. The van der Waals surface area contributed by atoms with Crippen LogP contribution in [0.5, 0.6) is 11.5 Å². The number of carboxylic acids is 1. The number of carbonyl (C=O) groups is 5. The van der Waals surface area contributed by atoms with Gasteiger partial charge in [-0.15, -0.1) is 11.3 Å². The van der Waals surface area contributed by atoms with E-state index in [0.29, 0.717) is 27.6 Å². The van der Waals surface area contributed by atoms with E-state index in [-0.39, 0.29) is 49.7 Å². The number of phenols is 1. The number of amides is 4. The number of carboxylic acid groups (broad SMARTS) is 1. The highest BCUT2D eigenvalue weighted by atomic mass is 35.5. The minimum Gasteiger partial charge on any atom is -0.508 e. The van der Waals surface area contributed by atoms with Gasteiger partial charge in [0.25, 0.3) is 0 Å². The maximum absolute atomic E-state index is 15.1. The molecule has 2 N–H and O–H groups in total. The van der Waals surface area contributed by atoms with Gasteiger partial charge in [0.15, 0.2) is 0 Å². The van der Waals surface area contributed by atoms with E-state index in [0.717, 1.165) is 25.4 Å². The van der Waals surface area contributed by atoms with Crippen LogP contribution in [0.15, 0.2) is 54.1 Å². The van der Waals surface area contributed by atoms with Gasteiger partial charge < -0.3 is 14.9 Å². The zero-order chi connectivity index (χ0) is 37.7. The lowest BCUT2D eigenvalue weighted by molar-refractivity contribution is -0.142. The van der Waals surface area contributed by atoms with Gasteiger partial charge >= 0.3 is 5.97 Å². The third-order valence-electron chi connectivity index (χ3n) is 11.9.